The summed E-state index contributed by atoms with van der Waals surface area (Å²) in [5.74, 6) is -1.36. The van der Waals surface area contributed by atoms with Gasteiger partial charge in [-0.1, -0.05) is 26.8 Å². The second-order valence-electron chi connectivity index (χ2n) is 3.53. The molecule has 0 aliphatic carbocycles. The molecule has 4 heteroatoms. The highest BCUT2D eigenvalue weighted by Crippen LogP contribution is 2.09. The standard InChI is InChI=1S/C10H17NO3/c1-5-8(10(13)14)11-9(12)7(4)6(2)3/h5-7H,1-4H3,(H,11,12)(H,13,14)/b8-5-. The molecule has 0 aliphatic heterocycles. The minimum atomic E-state index is -1.11. The van der Waals surface area contributed by atoms with Crippen molar-refractivity contribution >= 4 is 11.9 Å². The molecule has 0 spiro atoms. The molecular formula is C10H17NO3. The van der Waals surface area contributed by atoms with E-state index in [2.05, 4.69) is 5.32 Å². The Kier molecular flexibility index (Phi) is 4.91. The smallest absolute Gasteiger partial charge is 0.352 e. The molecule has 2 N–H and O–H groups in total. The Balaban J connectivity index is 4.39. The van der Waals surface area contributed by atoms with Gasteiger partial charge in [0.05, 0.1) is 0 Å². The Morgan fingerprint density at radius 3 is 2.07 bits per heavy atom. The number of aliphatic carboxylic acids is 1. The first-order valence-corrected chi connectivity index (χ1v) is 4.60. The maximum absolute atomic E-state index is 11.4. The van der Waals surface area contributed by atoms with E-state index in [4.69, 9.17) is 5.11 Å². The van der Waals surface area contributed by atoms with Gasteiger partial charge in [0.1, 0.15) is 5.70 Å². The van der Waals surface area contributed by atoms with Gasteiger partial charge in [-0.2, -0.15) is 0 Å². The summed E-state index contributed by atoms with van der Waals surface area (Å²) in [5.41, 5.74) is -0.0671. The summed E-state index contributed by atoms with van der Waals surface area (Å²) in [5, 5.41) is 11.0. The molecule has 0 fully saturated rings. The van der Waals surface area contributed by atoms with E-state index < -0.39 is 5.97 Å². The molecule has 0 bridgehead atoms. The fraction of sp³-hybridized carbons (Fsp3) is 0.600. The lowest BCUT2D eigenvalue weighted by Crippen LogP contribution is -2.33. The minimum absolute atomic E-state index is 0.0671. The van der Waals surface area contributed by atoms with Crippen molar-refractivity contribution in [3.8, 4) is 0 Å². The van der Waals surface area contributed by atoms with E-state index in [1.807, 2.05) is 13.8 Å². The molecule has 0 aromatic rings. The van der Waals surface area contributed by atoms with E-state index in [-0.39, 0.29) is 23.4 Å². The molecule has 0 aromatic heterocycles. The summed E-state index contributed by atoms with van der Waals surface area (Å²) < 4.78 is 0. The lowest BCUT2D eigenvalue weighted by molar-refractivity contribution is -0.135. The van der Waals surface area contributed by atoms with Gasteiger partial charge in [-0.25, -0.2) is 4.79 Å². The van der Waals surface area contributed by atoms with Gasteiger partial charge >= 0.3 is 5.97 Å². The van der Waals surface area contributed by atoms with Crippen molar-refractivity contribution in [1.29, 1.82) is 0 Å². The zero-order valence-electron chi connectivity index (χ0n) is 9.00. The fourth-order valence-corrected chi connectivity index (χ4v) is 0.798. The average molecular weight is 199 g/mol. The predicted molar refractivity (Wildman–Crippen MR) is 53.5 cm³/mol. The molecule has 0 aliphatic rings. The van der Waals surface area contributed by atoms with E-state index in [9.17, 15) is 9.59 Å². The summed E-state index contributed by atoms with van der Waals surface area (Å²) >= 11 is 0. The third-order valence-electron chi connectivity index (χ3n) is 2.19. The van der Waals surface area contributed by atoms with Gasteiger partial charge in [0, 0.05) is 5.92 Å². The Labute approximate surface area is 84.0 Å². The normalized spacial score (nSPS) is 13.9. The van der Waals surface area contributed by atoms with Gasteiger partial charge in [-0.05, 0) is 12.8 Å². The lowest BCUT2D eigenvalue weighted by atomic mass is 9.97. The van der Waals surface area contributed by atoms with Crippen LogP contribution in [-0.4, -0.2) is 17.0 Å². The number of hydrogen-bond donors (Lipinski definition) is 2. The van der Waals surface area contributed by atoms with Gasteiger partial charge in [0.25, 0.3) is 0 Å². The van der Waals surface area contributed by atoms with Crippen molar-refractivity contribution in [3.63, 3.8) is 0 Å². The van der Waals surface area contributed by atoms with Gasteiger partial charge < -0.3 is 10.4 Å². The van der Waals surface area contributed by atoms with Crippen molar-refractivity contribution < 1.29 is 14.7 Å². The molecule has 1 atom stereocenters. The number of carbonyl (C=O) groups excluding carboxylic acids is 1. The Morgan fingerprint density at radius 1 is 1.29 bits per heavy atom. The van der Waals surface area contributed by atoms with Crippen LogP contribution in [0.1, 0.15) is 27.7 Å². The van der Waals surface area contributed by atoms with Crippen LogP contribution in [0.2, 0.25) is 0 Å². The summed E-state index contributed by atoms with van der Waals surface area (Å²) in [7, 11) is 0. The number of nitrogens with one attached hydrogen (secondary N) is 1. The van der Waals surface area contributed by atoms with Crippen LogP contribution in [0.15, 0.2) is 11.8 Å². The van der Waals surface area contributed by atoms with Gasteiger partial charge in [-0.15, -0.1) is 0 Å². The SMILES string of the molecule is C/C=C(\NC(=O)C(C)C(C)C)C(=O)O. The predicted octanol–water partition coefficient (Wildman–Crippen LogP) is 1.38. The Hall–Kier alpha value is -1.32. The van der Waals surface area contributed by atoms with Crippen LogP contribution < -0.4 is 5.32 Å². The Morgan fingerprint density at radius 2 is 1.79 bits per heavy atom. The van der Waals surface area contributed by atoms with Crippen molar-refractivity contribution in [2.75, 3.05) is 0 Å². The van der Waals surface area contributed by atoms with E-state index in [1.54, 1.807) is 13.8 Å². The molecule has 1 unspecified atom stereocenters. The van der Waals surface area contributed by atoms with Gasteiger partial charge in [0.15, 0.2) is 0 Å². The number of carboxylic acid groups (broad SMARTS) is 1. The first-order valence-electron chi connectivity index (χ1n) is 4.60. The van der Waals surface area contributed by atoms with Crippen molar-refractivity contribution in [3.05, 3.63) is 11.8 Å². The lowest BCUT2D eigenvalue weighted by Gasteiger charge is -2.15. The van der Waals surface area contributed by atoms with Crippen LogP contribution in [0.25, 0.3) is 0 Å². The number of amides is 1. The van der Waals surface area contributed by atoms with Gasteiger partial charge in [0.2, 0.25) is 5.91 Å². The zero-order valence-corrected chi connectivity index (χ0v) is 9.00. The van der Waals surface area contributed by atoms with E-state index in [1.165, 1.54) is 6.08 Å². The highest BCUT2D eigenvalue weighted by atomic mass is 16.4. The summed E-state index contributed by atoms with van der Waals surface area (Å²) in [4.78, 5) is 22.0. The number of carboxylic acids is 1. The van der Waals surface area contributed by atoms with Crippen LogP contribution in [0.3, 0.4) is 0 Å². The quantitative estimate of drug-likeness (QED) is 0.672. The molecule has 0 aromatic carbocycles. The third kappa shape index (κ3) is 3.60. The van der Waals surface area contributed by atoms with E-state index >= 15 is 0 Å². The third-order valence-corrected chi connectivity index (χ3v) is 2.19. The summed E-state index contributed by atoms with van der Waals surface area (Å²) in [6.07, 6.45) is 1.37. The van der Waals surface area contributed by atoms with Crippen molar-refractivity contribution in [2.45, 2.75) is 27.7 Å². The van der Waals surface area contributed by atoms with Crippen molar-refractivity contribution in [1.82, 2.24) is 5.32 Å². The molecule has 0 rings (SSSR count). The molecule has 0 saturated carbocycles. The number of allylic oxidation sites excluding steroid dienone is 1. The number of hydrogen-bond acceptors (Lipinski definition) is 2. The molecule has 1 amide bonds. The molecule has 4 nitrogen and oxygen atoms in total. The summed E-state index contributed by atoms with van der Waals surface area (Å²) in [6.45, 7) is 7.18. The molecule has 0 radical (unpaired) electrons. The van der Waals surface area contributed by atoms with Crippen LogP contribution in [0.4, 0.5) is 0 Å². The molecule has 0 heterocycles. The maximum atomic E-state index is 11.4. The van der Waals surface area contributed by atoms with Crippen molar-refractivity contribution in [2.24, 2.45) is 11.8 Å². The molecule has 80 valence electrons. The van der Waals surface area contributed by atoms with E-state index in [0.29, 0.717) is 0 Å². The largest absolute Gasteiger partial charge is 0.477 e. The zero-order chi connectivity index (χ0) is 11.3. The maximum Gasteiger partial charge on any atom is 0.352 e. The molecule has 14 heavy (non-hydrogen) atoms. The number of carbonyl (C=O) groups is 2. The second kappa shape index (κ2) is 5.42. The summed E-state index contributed by atoms with van der Waals surface area (Å²) in [6, 6.07) is 0. The Bertz CT molecular complexity index is 256. The fourth-order valence-electron chi connectivity index (χ4n) is 0.798. The van der Waals surface area contributed by atoms with Crippen LogP contribution >= 0.6 is 0 Å². The minimum Gasteiger partial charge on any atom is -0.477 e. The monoisotopic (exact) mass is 199 g/mol. The first kappa shape index (κ1) is 12.7. The van der Waals surface area contributed by atoms with Crippen LogP contribution in [0, 0.1) is 11.8 Å². The van der Waals surface area contributed by atoms with Crippen LogP contribution in [-0.2, 0) is 9.59 Å². The first-order chi connectivity index (χ1) is 6.40. The average Bonchev–Trinajstić information content (AvgIpc) is 2.11. The highest BCUT2D eigenvalue weighted by Gasteiger charge is 2.19. The topological polar surface area (TPSA) is 66.4 Å². The second-order valence-corrected chi connectivity index (χ2v) is 3.53. The molecule has 0 saturated heterocycles. The molecular weight excluding hydrogens is 182 g/mol. The number of rotatable bonds is 4. The van der Waals surface area contributed by atoms with Crippen LogP contribution in [0.5, 0.6) is 0 Å². The highest BCUT2D eigenvalue weighted by molar-refractivity contribution is 5.93. The van der Waals surface area contributed by atoms with E-state index in [0.717, 1.165) is 0 Å². The van der Waals surface area contributed by atoms with Gasteiger partial charge in [-0.3, -0.25) is 4.79 Å².